The van der Waals surface area contributed by atoms with E-state index in [0.29, 0.717) is 12.8 Å². The molecule has 1 amide bonds. The van der Waals surface area contributed by atoms with E-state index in [9.17, 15) is 61.0 Å². The van der Waals surface area contributed by atoms with E-state index in [0.717, 1.165) is 38.5 Å². The fourth-order valence-corrected chi connectivity index (χ4v) is 13.4. The van der Waals surface area contributed by atoms with Gasteiger partial charge in [-0.05, 0) is 32.1 Å². The zero-order valence-corrected chi connectivity index (χ0v) is 59.7. The molecule has 0 aromatic heterocycles. The zero-order chi connectivity index (χ0) is 68.9. The van der Waals surface area contributed by atoms with Crippen LogP contribution in [0.5, 0.6) is 0 Å². The van der Waals surface area contributed by atoms with Crippen LogP contribution in [0.3, 0.4) is 0 Å². The van der Waals surface area contributed by atoms with Crippen molar-refractivity contribution in [2.45, 2.75) is 426 Å². The standard InChI is InChI=1S/C76H143NO18/c1-3-5-7-9-11-13-15-17-19-21-23-24-25-26-27-28-29-30-31-32-33-34-35-36-37-39-41-43-45-47-49-51-53-60(81)59(77-64(82)54-52-50-48-46-44-42-40-38-22-20-18-16-14-12-10-8-6-4-2)58-90-74-70(88)67(85)72(62(56-79)92-74)95-76-71(89)68(86)73(63(57-80)93-76)94-75-69(87)66(84)65(83)61(55-78)91-75/h43,45,51,53,59-63,65-76,78-81,83-89H,3-42,44,46-50,52,54-58H2,1-2H3,(H,77,82)/b45-43+,53-51+. The monoisotopic (exact) mass is 1360 g/mol. The summed E-state index contributed by atoms with van der Waals surface area (Å²) in [4.78, 5) is 13.4. The lowest BCUT2D eigenvalue weighted by Gasteiger charge is -2.48. The molecule has 3 fully saturated rings. The molecule has 0 aromatic carbocycles. The molecule has 0 spiro atoms. The molecule has 0 aliphatic carbocycles. The topological polar surface area (TPSA) is 307 Å². The Morgan fingerprint density at radius 1 is 0.368 bits per heavy atom. The third-order valence-electron chi connectivity index (χ3n) is 19.8. The summed E-state index contributed by atoms with van der Waals surface area (Å²) in [5.74, 6) is -0.279. The Labute approximate surface area is 575 Å². The van der Waals surface area contributed by atoms with Crippen LogP contribution >= 0.6 is 0 Å². The molecule has 19 nitrogen and oxygen atoms in total. The quantitative estimate of drug-likeness (QED) is 0.0199. The number of aliphatic hydroxyl groups is 11. The number of aliphatic hydroxyl groups excluding tert-OH is 11. The van der Waals surface area contributed by atoms with Crippen LogP contribution in [0.1, 0.15) is 322 Å². The van der Waals surface area contributed by atoms with Crippen molar-refractivity contribution < 1.29 is 89.4 Å². The first kappa shape index (κ1) is 87.5. The van der Waals surface area contributed by atoms with Crippen molar-refractivity contribution in [3.63, 3.8) is 0 Å². The molecule has 3 aliphatic heterocycles. The number of carbonyl (C=O) groups excluding carboxylic acids is 1. The smallest absolute Gasteiger partial charge is 0.220 e. The fourth-order valence-electron chi connectivity index (χ4n) is 13.4. The van der Waals surface area contributed by atoms with Crippen LogP contribution in [-0.4, -0.2) is 193 Å². The molecule has 0 bridgehead atoms. The maximum absolute atomic E-state index is 13.4. The lowest BCUT2D eigenvalue weighted by atomic mass is 9.96. The molecular weight excluding hydrogens is 1210 g/mol. The molecule has 3 aliphatic rings. The molecule has 0 radical (unpaired) electrons. The SMILES string of the molecule is CCCCCCCCCCCCCCCCCCCCCCCCCCCC/C=C/CC/C=C/C(O)C(COC1OC(CO)C(OC2OC(CO)C(OC3OC(CO)C(O)C(O)C3O)C(O)C2O)C(O)C1O)NC(=O)CCCCCCCCCCCCCCCCCCCC. The van der Waals surface area contributed by atoms with Gasteiger partial charge in [0.1, 0.15) is 73.2 Å². The minimum atomic E-state index is -1.98. The van der Waals surface area contributed by atoms with Crippen molar-refractivity contribution >= 4 is 5.91 Å². The second-order valence-corrected chi connectivity index (χ2v) is 28.2. The number of amides is 1. The Morgan fingerprint density at radius 3 is 1.05 bits per heavy atom. The number of nitrogens with one attached hydrogen (secondary N) is 1. The first-order chi connectivity index (χ1) is 46.3. The van der Waals surface area contributed by atoms with Crippen molar-refractivity contribution in [2.24, 2.45) is 0 Å². The van der Waals surface area contributed by atoms with Crippen LogP contribution in [0.2, 0.25) is 0 Å². The molecule has 17 atom stereocenters. The maximum atomic E-state index is 13.4. The Bertz CT molecular complexity index is 1810. The lowest BCUT2D eigenvalue weighted by Crippen LogP contribution is -2.66. The molecule has 560 valence electrons. The van der Waals surface area contributed by atoms with Gasteiger partial charge < -0.3 is 89.9 Å². The van der Waals surface area contributed by atoms with E-state index in [1.54, 1.807) is 6.08 Å². The van der Waals surface area contributed by atoms with E-state index in [1.807, 2.05) is 6.08 Å². The Morgan fingerprint density at radius 2 is 0.674 bits per heavy atom. The minimum Gasteiger partial charge on any atom is -0.394 e. The van der Waals surface area contributed by atoms with Gasteiger partial charge in [-0.3, -0.25) is 4.79 Å². The number of ether oxygens (including phenoxy) is 6. The molecule has 3 saturated heterocycles. The number of carbonyl (C=O) groups is 1. The van der Waals surface area contributed by atoms with Gasteiger partial charge in [0, 0.05) is 6.42 Å². The molecule has 12 N–H and O–H groups in total. The number of hydrogen-bond acceptors (Lipinski definition) is 18. The highest BCUT2D eigenvalue weighted by Gasteiger charge is 2.53. The Kier molecular flexibility index (Phi) is 53.3. The highest BCUT2D eigenvalue weighted by Crippen LogP contribution is 2.33. The average molecular weight is 1360 g/mol. The molecule has 3 heterocycles. The van der Waals surface area contributed by atoms with Crippen LogP contribution in [-0.2, 0) is 33.2 Å². The van der Waals surface area contributed by atoms with Gasteiger partial charge in [-0.2, -0.15) is 0 Å². The first-order valence-electron chi connectivity index (χ1n) is 39.1. The van der Waals surface area contributed by atoms with E-state index < -0.39 is 124 Å². The summed E-state index contributed by atoms with van der Waals surface area (Å²) in [7, 11) is 0. The number of unbranched alkanes of at least 4 members (excludes halogenated alkanes) is 44. The van der Waals surface area contributed by atoms with Gasteiger partial charge in [-0.25, -0.2) is 0 Å². The van der Waals surface area contributed by atoms with Gasteiger partial charge in [-0.1, -0.05) is 308 Å². The summed E-state index contributed by atoms with van der Waals surface area (Å²) in [5, 5.41) is 121. The Hall–Kier alpha value is -1.73. The molecule has 95 heavy (non-hydrogen) atoms. The number of hydrogen-bond donors (Lipinski definition) is 12. The normalized spacial score (nSPS) is 27.3. The molecular formula is C76H143NO18. The van der Waals surface area contributed by atoms with Crippen LogP contribution in [0, 0.1) is 0 Å². The van der Waals surface area contributed by atoms with Crippen molar-refractivity contribution in [3.8, 4) is 0 Å². The van der Waals surface area contributed by atoms with Crippen molar-refractivity contribution in [3.05, 3.63) is 24.3 Å². The molecule has 3 rings (SSSR count). The predicted octanol–water partition coefficient (Wildman–Crippen LogP) is 12.2. The summed E-state index contributed by atoms with van der Waals surface area (Å²) in [5.41, 5.74) is 0. The van der Waals surface area contributed by atoms with Crippen molar-refractivity contribution in [1.82, 2.24) is 5.32 Å². The van der Waals surface area contributed by atoms with Crippen LogP contribution in [0.15, 0.2) is 24.3 Å². The highest BCUT2D eigenvalue weighted by molar-refractivity contribution is 5.76. The van der Waals surface area contributed by atoms with E-state index in [1.165, 1.54) is 250 Å². The molecule has 0 aromatic rings. The minimum absolute atomic E-state index is 0.241. The number of rotatable bonds is 62. The summed E-state index contributed by atoms with van der Waals surface area (Å²) in [6.45, 7) is 1.77. The van der Waals surface area contributed by atoms with Gasteiger partial charge in [0.2, 0.25) is 5.91 Å². The Balaban J connectivity index is 1.38. The number of allylic oxidation sites excluding steroid dienone is 3. The third kappa shape index (κ3) is 38.8. The van der Waals surface area contributed by atoms with E-state index in [4.69, 9.17) is 28.4 Å². The van der Waals surface area contributed by atoms with Crippen molar-refractivity contribution in [2.75, 3.05) is 26.4 Å². The first-order valence-corrected chi connectivity index (χ1v) is 39.1. The third-order valence-corrected chi connectivity index (χ3v) is 19.8. The van der Waals surface area contributed by atoms with Gasteiger partial charge in [0.05, 0.1) is 38.6 Å². The summed E-state index contributed by atoms with van der Waals surface area (Å²) in [6.07, 6.45) is 41.8. The second kappa shape index (κ2) is 57.8. The van der Waals surface area contributed by atoms with Gasteiger partial charge in [0.25, 0.3) is 0 Å². The van der Waals surface area contributed by atoms with Crippen molar-refractivity contribution in [1.29, 1.82) is 0 Å². The highest BCUT2D eigenvalue weighted by atomic mass is 16.8. The van der Waals surface area contributed by atoms with Gasteiger partial charge >= 0.3 is 0 Å². The molecule has 19 heteroatoms. The molecule has 17 unspecified atom stereocenters. The maximum Gasteiger partial charge on any atom is 0.220 e. The predicted molar refractivity (Wildman–Crippen MR) is 374 cm³/mol. The van der Waals surface area contributed by atoms with Crippen LogP contribution in [0.4, 0.5) is 0 Å². The van der Waals surface area contributed by atoms with E-state index in [2.05, 4.69) is 31.3 Å². The zero-order valence-electron chi connectivity index (χ0n) is 59.7. The molecule has 0 saturated carbocycles. The lowest BCUT2D eigenvalue weighted by molar-refractivity contribution is -0.379. The largest absolute Gasteiger partial charge is 0.394 e. The van der Waals surface area contributed by atoms with Crippen LogP contribution in [0.25, 0.3) is 0 Å². The summed E-state index contributed by atoms with van der Waals surface area (Å²) < 4.78 is 34.4. The average Bonchev–Trinajstić information content (AvgIpc) is 0.787. The van der Waals surface area contributed by atoms with E-state index >= 15 is 0 Å². The summed E-state index contributed by atoms with van der Waals surface area (Å²) >= 11 is 0. The summed E-state index contributed by atoms with van der Waals surface area (Å²) in [6, 6.07) is -0.987. The van der Waals surface area contributed by atoms with Gasteiger partial charge in [0.15, 0.2) is 18.9 Å². The second-order valence-electron chi connectivity index (χ2n) is 28.2. The van der Waals surface area contributed by atoms with Crippen LogP contribution < -0.4 is 5.32 Å². The fraction of sp³-hybridized carbons (Fsp3) is 0.934. The van der Waals surface area contributed by atoms with Gasteiger partial charge in [-0.15, -0.1) is 0 Å². The van der Waals surface area contributed by atoms with E-state index in [-0.39, 0.29) is 18.9 Å².